The summed E-state index contributed by atoms with van der Waals surface area (Å²) in [6.45, 7) is 8.66. The normalized spacial score (nSPS) is 14.4. The van der Waals surface area contributed by atoms with E-state index in [1.165, 1.54) is 5.56 Å². The Morgan fingerprint density at radius 3 is 3.05 bits per heavy atom. The second-order valence-electron chi connectivity index (χ2n) is 5.12. The predicted octanol–water partition coefficient (Wildman–Crippen LogP) is 1.11. The Labute approximate surface area is 118 Å². The van der Waals surface area contributed by atoms with Gasteiger partial charge in [-0.05, 0) is 31.2 Å². The molecule has 3 rings (SSSR count). The molecule has 3 heterocycles. The van der Waals surface area contributed by atoms with Gasteiger partial charge in [0.05, 0.1) is 6.54 Å². The lowest BCUT2D eigenvalue weighted by Gasteiger charge is -2.28. The Morgan fingerprint density at radius 2 is 2.20 bits per heavy atom. The summed E-state index contributed by atoms with van der Waals surface area (Å²) in [4.78, 5) is 6.93. The minimum Gasteiger partial charge on any atom is -0.347 e. The molecule has 1 aliphatic rings. The minimum atomic E-state index is 0.775. The summed E-state index contributed by atoms with van der Waals surface area (Å²) in [5.74, 6) is 2.04. The molecule has 0 unspecified atom stereocenters. The van der Waals surface area contributed by atoms with Crippen molar-refractivity contribution in [1.29, 1.82) is 0 Å². The van der Waals surface area contributed by atoms with Crippen molar-refractivity contribution in [3.8, 4) is 0 Å². The Balaban J connectivity index is 1.82. The molecule has 0 saturated carbocycles. The van der Waals surface area contributed by atoms with E-state index in [-0.39, 0.29) is 0 Å². The van der Waals surface area contributed by atoms with E-state index in [4.69, 9.17) is 0 Å². The molecule has 0 radical (unpaired) electrons. The lowest BCUT2D eigenvalue weighted by atomic mass is 10.2. The molecule has 20 heavy (non-hydrogen) atoms. The maximum atomic E-state index is 4.66. The molecule has 0 bridgehead atoms. The summed E-state index contributed by atoms with van der Waals surface area (Å²) in [7, 11) is 0. The summed E-state index contributed by atoms with van der Waals surface area (Å²) in [5, 5.41) is 11.5. The molecule has 106 valence electrons. The third-order valence-electron chi connectivity index (χ3n) is 3.54. The summed E-state index contributed by atoms with van der Waals surface area (Å²) in [6, 6.07) is 4.31. The van der Waals surface area contributed by atoms with Gasteiger partial charge in [0.2, 0.25) is 0 Å². The molecular weight excluding hydrogens is 252 g/mol. The zero-order valence-electron chi connectivity index (χ0n) is 12.0. The summed E-state index contributed by atoms with van der Waals surface area (Å²) in [5.41, 5.74) is 2.34. The molecule has 2 aromatic rings. The van der Waals surface area contributed by atoms with Crippen LogP contribution in [0.2, 0.25) is 0 Å². The molecular formula is C14H20N6. The van der Waals surface area contributed by atoms with Crippen LogP contribution < -0.4 is 10.2 Å². The van der Waals surface area contributed by atoms with Crippen molar-refractivity contribution in [3.05, 3.63) is 35.5 Å². The molecule has 0 amide bonds. The van der Waals surface area contributed by atoms with Gasteiger partial charge in [-0.1, -0.05) is 6.92 Å². The van der Waals surface area contributed by atoms with Crippen LogP contribution in [0.3, 0.4) is 0 Å². The Bertz CT molecular complexity index is 591. The predicted molar refractivity (Wildman–Crippen MR) is 77.4 cm³/mol. The van der Waals surface area contributed by atoms with Crippen molar-refractivity contribution in [2.45, 2.75) is 33.5 Å². The molecule has 0 atom stereocenters. The zero-order chi connectivity index (χ0) is 13.9. The number of pyridine rings is 1. The van der Waals surface area contributed by atoms with Crippen molar-refractivity contribution in [3.63, 3.8) is 0 Å². The van der Waals surface area contributed by atoms with E-state index < -0.39 is 0 Å². The lowest BCUT2D eigenvalue weighted by Crippen LogP contribution is -2.34. The highest BCUT2D eigenvalue weighted by Gasteiger charge is 2.19. The van der Waals surface area contributed by atoms with Gasteiger partial charge in [-0.15, -0.1) is 10.2 Å². The standard InChI is InChI=1S/C14H20N6/c1-3-15-8-12-6-11(2)17-13(7-12)19-4-5-20-10-16-18-14(20)9-19/h6-7,10,15H,3-5,8-9H2,1-2H3. The third kappa shape index (κ3) is 2.65. The number of hydrogen-bond donors (Lipinski definition) is 1. The van der Waals surface area contributed by atoms with Crippen molar-refractivity contribution in [2.75, 3.05) is 18.0 Å². The minimum absolute atomic E-state index is 0.775. The molecule has 0 saturated heterocycles. The van der Waals surface area contributed by atoms with E-state index >= 15 is 0 Å². The molecule has 0 aliphatic carbocycles. The van der Waals surface area contributed by atoms with Crippen LogP contribution >= 0.6 is 0 Å². The van der Waals surface area contributed by atoms with Crippen molar-refractivity contribution >= 4 is 5.82 Å². The molecule has 0 fully saturated rings. The number of fused-ring (bicyclic) bond motifs is 1. The fourth-order valence-electron chi connectivity index (χ4n) is 2.52. The van der Waals surface area contributed by atoms with E-state index in [1.54, 1.807) is 6.33 Å². The number of aromatic nitrogens is 4. The van der Waals surface area contributed by atoms with E-state index in [2.05, 4.69) is 49.0 Å². The summed E-state index contributed by atoms with van der Waals surface area (Å²) in [6.07, 6.45) is 1.80. The summed E-state index contributed by atoms with van der Waals surface area (Å²) < 4.78 is 2.10. The van der Waals surface area contributed by atoms with Crippen molar-refractivity contribution in [2.24, 2.45) is 0 Å². The monoisotopic (exact) mass is 272 g/mol. The van der Waals surface area contributed by atoms with E-state index in [1.807, 2.05) is 6.92 Å². The molecule has 6 heteroatoms. The highest BCUT2D eigenvalue weighted by Crippen LogP contribution is 2.19. The van der Waals surface area contributed by atoms with Crippen LogP contribution in [-0.4, -0.2) is 32.8 Å². The van der Waals surface area contributed by atoms with Gasteiger partial charge in [-0.2, -0.15) is 0 Å². The van der Waals surface area contributed by atoms with Crippen LogP contribution in [0.4, 0.5) is 5.82 Å². The number of anilines is 1. The number of hydrogen-bond acceptors (Lipinski definition) is 5. The number of rotatable bonds is 4. The number of nitrogens with zero attached hydrogens (tertiary/aromatic N) is 5. The maximum absolute atomic E-state index is 4.66. The molecule has 6 nitrogen and oxygen atoms in total. The van der Waals surface area contributed by atoms with Crippen molar-refractivity contribution < 1.29 is 0 Å². The van der Waals surface area contributed by atoms with Crippen molar-refractivity contribution in [1.82, 2.24) is 25.1 Å². The largest absolute Gasteiger partial charge is 0.347 e. The molecule has 0 aromatic carbocycles. The Hall–Kier alpha value is -1.95. The van der Waals surface area contributed by atoms with Gasteiger partial charge < -0.3 is 14.8 Å². The average Bonchev–Trinajstić information content (AvgIpc) is 2.92. The fourth-order valence-corrected chi connectivity index (χ4v) is 2.52. The fraction of sp³-hybridized carbons (Fsp3) is 0.500. The summed E-state index contributed by atoms with van der Waals surface area (Å²) >= 11 is 0. The zero-order valence-corrected chi connectivity index (χ0v) is 12.0. The number of nitrogens with one attached hydrogen (secondary N) is 1. The highest BCUT2D eigenvalue weighted by molar-refractivity contribution is 5.43. The van der Waals surface area contributed by atoms with Gasteiger partial charge in [0.15, 0.2) is 5.82 Å². The first-order valence-electron chi connectivity index (χ1n) is 7.06. The highest BCUT2D eigenvalue weighted by atomic mass is 15.3. The van der Waals surface area contributed by atoms with Crippen LogP contribution in [0.5, 0.6) is 0 Å². The SMILES string of the molecule is CCNCc1cc(C)nc(N2CCn3cnnc3C2)c1. The van der Waals surface area contributed by atoms with Gasteiger partial charge in [0, 0.05) is 25.3 Å². The third-order valence-corrected chi connectivity index (χ3v) is 3.54. The molecule has 0 spiro atoms. The van der Waals surface area contributed by atoms with Gasteiger partial charge in [0.25, 0.3) is 0 Å². The maximum Gasteiger partial charge on any atom is 0.152 e. The molecule has 2 aromatic heterocycles. The molecule has 1 N–H and O–H groups in total. The number of aryl methyl sites for hydroxylation is 1. The van der Waals surface area contributed by atoms with Crippen LogP contribution in [0.1, 0.15) is 24.0 Å². The first kappa shape index (κ1) is 13.1. The average molecular weight is 272 g/mol. The van der Waals surface area contributed by atoms with Crippen LogP contribution in [0.15, 0.2) is 18.5 Å². The second kappa shape index (κ2) is 5.58. The second-order valence-corrected chi connectivity index (χ2v) is 5.12. The van der Waals surface area contributed by atoms with Gasteiger partial charge in [0.1, 0.15) is 12.1 Å². The Morgan fingerprint density at radius 1 is 1.30 bits per heavy atom. The first-order chi connectivity index (χ1) is 9.76. The van der Waals surface area contributed by atoms with Crippen LogP contribution in [0.25, 0.3) is 0 Å². The van der Waals surface area contributed by atoms with Crippen LogP contribution in [0, 0.1) is 6.92 Å². The topological polar surface area (TPSA) is 58.9 Å². The van der Waals surface area contributed by atoms with E-state index in [0.717, 1.165) is 50.1 Å². The van der Waals surface area contributed by atoms with Gasteiger partial charge in [-0.3, -0.25) is 0 Å². The Kier molecular flexibility index (Phi) is 3.64. The van der Waals surface area contributed by atoms with Crippen LogP contribution in [-0.2, 0) is 19.6 Å². The van der Waals surface area contributed by atoms with E-state index in [0.29, 0.717) is 0 Å². The van der Waals surface area contributed by atoms with Gasteiger partial charge in [-0.25, -0.2) is 4.98 Å². The quantitative estimate of drug-likeness (QED) is 0.903. The lowest BCUT2D eigenvalue weighted by molar-refractivity contribution is 0.555. The van der Waals surface area contributed by atoms with E-state index in [9.17, 15) is 0 Å². The molecule has 1 aliphatic heterocycles. The smallest absolute Gasteiger partial charge is 0.152 e. The first-order valence-corrected chi connectivity index (χ1v) is 7.06. The van der Waals surface area contributed by atoms with Gasteiger partial charge >= 0.3 is 0 Å².